The maximum Gasteiger partial charge on any atom is 0.145 e. The van der Waals surface area contributed by atoms with E-state index in [0.29, 0.717) is 23.2 Å². The van der Waals surface area contributed by atoms with Gasteiger partial charge in [-0.1, -0.05) is 12.1 Å². The molecule has 2 atom stereocenters. The highest BCUT2D eigenvalue weighted by molar-refractivity contribution is 6.17. The van der Waals surface area contributed by atoms with Crippen molar-refractivity contribution in [1.82, 2.24) is 9.78 Å². The third-order valence-electron chi connectivity index (χ3n) is 3.18. The van der Waals surface area contributed by atoms with Gasteiger partial charge in [-0.05, 0) is 24.1 Å². The molecule has 6 nitrogen and oxygen atoms in total. The SMILES string of the molecule is N#Cc1cnn(-c2ccc(C(O)C(O)CCCl)cc2)c1N. The number of nitrogen functional groups attached to an aromatic ring is 1. The lowest BCUT2D eigenvalue weighted by molar-refractivity contribution is 0.0170. The van der Waals surface area contributed by atoms with E-state index in [0.717, 1.165) is 0 Å². The van der Waals surface area contributed by atoms with Crippen LogP contribution in [0.3, 0.4) is 0 Å². The molecule has 0 spiro atoms. The number of halogens is 1. The number of anilines is 1. The van der Waals surface area contributed by atoms with Crippen LogP contribution in [0.4, 0.5) is 5.82 Å². The first kappa shape index (κ1) is 15.3. The van der Waals surface area contributed by atoms with Crippen LogP contribution in [0.2, 0.25) is 0 Å². The van der Waals surface area contributed by atoms with Crippen molar-refractivity contribution in [1.29, 1.82) is 5.26 Å². The molecule has 1 heterocycles. The predicted molar refractivity (Wildman–Crippen MR) is 79.0 cm³/mol. The van der Waals surface area contributed by atoms with Gasteiger partial charge in [-0.3, -0.25) is 0 Å². The van der Waals surface area contributed by atoms with Crippen LogP contribution in [0.5, 0.6) is 0 Å². The van der Waals surface area contributed by atoms with E-state index in [-0.39, 0.29) is 11.7 Å². The standard InChI is InChI=1S/C14H15ClN4O2/c15-6-5-12(20)13(21)9-1-3-11(4-2-9)19-14(17)10(7-16)8-18-19/h1-4,8,12-13,20-21H,5-6,17H2. The molecule has 2 unspecified atom stereocenters. The number of aliphatic hydroxyl groups excluding tert-OH is 2. The number of rotatable bonds is 5. The minimum Gasteiger partial charge on any atom is -0.390 e. The number of aromatic nitrogens is 2. The fraction of sp³-hybridized carbons (Fsp3) is 0.286. The van der Waals surface area contributed by atoms with Crippen molar-refractivity contribution in [2.45, 2.75) is 18.6 Å². The van der Waals surface area contributed by atoms with E-state index in [2.05, 4.69) is 5.10 Å². The molecule has 0 fully saturated rings. The van der Waals surface area contributed by atoms with E-state index in [4.69, 9.17) is 22.6 Å². The molecule has 1 aromatic heterocycles. The van der Waals surface area contributed by atoms with Gasteiger partial charge < -0.3 is 15.9 Å². The van der Waals surface area contributed by atoms with Crippen LogP contribution in [-0.2, 0) is 0 Å². The van der Waals surface area contributed by atoms with Crippen LogP contribution in [0.25, 0.3) is 5.69 Å². The smallest absolute Gasteiger partial charge is 0.145 e. The molecule has 0 aliphatic carbocycles. The van der Waals surface area contributed by atoms with Crippen LogP contribution < -0.4 is 5.73 Å². The first-order chi connectivity index (χ1) is 10.1. The van der Waals surface area contributed by atoms with Gasteiger partial charge in [-0.25, -0.2) is 4.68 Å². The molecule has 0 aliphatic heterocycles. The van der Waals surface area contributed by atoms with Gasteiger partial charge in [0.25, 0.3) is 0 Å². The van der Waals surface area contributed by atoms with E-state index >= 15 is 0 Å². The van der Waals surface area contributed by atoms with Gasteiger partial charge in [-0.15, -0.1) is 11.6 Å². The summed E-state index contributed by atoms with van der Waals surface area (Å²) in [6, 6.07) is 8.70. The zero-order valence-corrected chi connectivity index (χ0v) is 11.9. The Kier molecular flexibility index (Phi) is 4.81. The van der Waals surface area contributed by atoms with Crippen molar-refractivity contribution >= 4 is 17.4 Å². The molecule has 0 amide bonds. The molecule has 2 aromatic rings. The van der Waals surface area contributed by atoms with E-state index < -0.39 is 12.2 Å². The quantitative estimate of drug-likeness (QED) is 0.723. The zero-order chi connectivity index (χ0) is 15.4. The summed E-state index contributed by atoms with van der Waals surface area (Å²) >= 11 is 5.54. The minimum absolute atomic E-state index is 0.257. The number of nitrogens with zero attached hydrogens (tertiary/aromatic N) is 3. The lowest BCUT2D eigenvalue weighted by Crippen LogP contribution is -2.18. The fourth-order valence-corrected chi connectivity index (χ4v) is 2.18. The van der Waals surface area contributed by atoms with Crippen molar-refractivity contribution in [2.75, 3.05) is 11.6 Å². The van der Waals surface area contributed by atoms with Crippen LogP contribution in [0, 0.1) is 11.3 Å². The van der Waals surface area contributed by atoms with Crippen LogP contribution >= 0.6 is 11.6 Å². The third kappa shape index (κ3) is 3.16. The highest BCUT2D eigenvalue weighted by atomic mass is 35.5. The van der Waals surface area contributed by atoms with E-state index in [9.17, 15) is 10.2 Å². The van der Waals surface area contributed by atoms with E-state index in [1.165, 1.54) is 10.9 Å². The van der Waals surface area contributed by atoms with Crippen molar-refractivity contribution in [2.24, 2.45) is 0 Å². The number of aliphatic hydroxyl groups is 2. The molecule has 0 saturated carbocycles. The Morgan fingerprint density at radius 3 is 2.52 bits per heavy atom. The molecule has 2 rings (SSSR count). The summed E-state index contributed by atoms with van der Waals surface area (Å²) in [7, 11) is 0. The largest absolute Gasteiger partial charge is 0.390 e. The molecule has 0 bridgehead atoms. The highest BCUT2D eigenvalue weighted by Gasteiger charge is 2.18. The Labute approximate surface area is 127 Å². The molecule has 21 heavy (non-hydrogen) atoms. The molecule has 110 valence electrons. The maximum absolute atomic E-state index is 9.98. The van der Waals surface area contributed by atoms with Crippen LogP contribution in [-0.4, -0.2) is 32.0 Å². The number of benzene rings is 1. The Morgan fingerprint density at radius 2 is 2.00 bits per heavy atom. The summed E-state index contributed by atoms with van der Waals surface area (Å²) in [6.45, 7) is 0. The average Bonchev–Trinajstić information content (AvgIpc) is 2.88. The number of hydrogen-bond donors (Lipinski definition) is 3. The zero-order valence-electron chi connectivity index (χ0n) is 11.1. The third-order valence-corrected chi connectivity index (χ3v) is 3.39. The molecule has 0 aliphatic rings. The summed E-state index contributed by atoms with van der Waals surface area (Å²) in [5.41, 5.74) is 7.34. The second-order valence-electron chi connectivity index (χ2n) is 4.55. The molecule has 4 N–H and O–H groups in total. The Morgan fingerprint density at radius 1 is 1.33 bits per heavy atom. The molecule has 0 saturated heterocycles. The summed E-state index contributed by atoms with van der Waals surface area (Å²) in [5, 5.41) is 32.6. The van der Waals surface area contributed by atoms with E-state index in [1.54, 1.807) is 24.3 Å². The Bertz CT molecular complexity index is 648. The van der Waals surface area contributed by atoms with Crippen molar-refractivity contribution in [3.8, 4) is 11.8 Å². The fourth-order valence-electron chi connectivity index (χ4n) is 1.95. The van der Waals surface area contributed by atoms with Crippen molar-refractivity contribution in [3.05, 3.63) is 41.6 Å². The number of alkyl halides is 1. The van der Waals surface area contributed by atoms with Crippen molar-refractivity contribution in [3.63, 3.8) is 0 Å². The van der Waals surface area contributed by atoms with E-state index in [1.807, 2.05) is 6.07 Å². The number of nitriles is 1. The molecular formula is C14H15ClN4O2. The first-order valence-corrected chi connectivity index (χ1v) is 6.88. The van der Waals surface area contributed by atoms with Crippen molar-refractivity contribution < 1.29 is 10.2 Å². The second kappa shape index (κ2) is 6.59. The topological polar surface area (TPSA) is 108 Å². The molecule has 0 radical (unpaired) electrons. The summed E-state index contributed by atoms with van der Waals surface area (Å²) in [6.07, 6.45) is -0.208. The van der Waals surface area contributed by atoms with Crippen LogP contribution in [0.1, 0.15) is 23.7 Å². The number of hydrogen-bond acceptors (Lipinski definition) is 5. The van der Waals surface area contributed by atoms with Gasteiger partial charge in [0, 0.05) is 5.88 Å². The lowest BCUT2D eigenvalue weighted by atomic mass is 10.0. The summed E-state index contributed by atoms with van der Waals surface area (Å²) < 4.78 is 1.43. The minimum atomic E-state index is -0.998. The van der Waals surface area contributed by atoms with Gasteiger partial charge in [-0.2, -0.15) is 10.4 Å². The average molecular weight is 307 g/mol. The summed E-state index contributed by atoms with van der Waals surface area (Å²) in [5.74, 6) is 0.532. The van der Waals surface area contributed by atoms with Gasteiger partial charge in [0.05, 0.1) is 18.0 Å². The lowest BCUT2D eigenvalue weighted by Gasteiger charge is -2.17. The predicted octanol–water partition coefficient (Wildman–Crippen LogP) is 1.35. The Hall–Kier alpha value is -2.07. The van der Waals surface area contributed by atoms with Crippen LogP contribution in [0.15, 0.2) is 30.5 Å². The monoisotopic (exact) mass is 306 g/mol. The normalized spacial score (nSPS) is 13.6. The first-order valence-electron chi connectivity index (χ1n) is 6.34. The molecule has 7 heteroatoms. The van der Waals surface area contributed by atoms with Gasteiger partial charge in [0.1, 0.15) is 23.6 Å². The molecular weight excluding hydrogens is 292 g/mol. The highest BCUT2D eigenvalue weighted by Crippen LogP contribution is 2.22. The summed E-state index contributed by atoms with van der Waals surface area (Å²) in [4.78, 5) is 0. The van der Waals surface area contributed by atoms with Gasteiger partial charge in [0.2, 0.25) is 0 Å². The molecule has 1 aromatic carbocycles. The van der Waals surface area contributed by atoms with Gasteiger partial charge >= 0.3 is 0 Å². The maximum atomic E-state index is 9.98. The number of nitrogens with two attached hydrogens (primary N) is 1. The Balaban J connectivity index is 2.23. The second-order valence-corrected chi connectivity index (χ2v) is 4.93. The van der Waals surface area contributed by atoms with Gasteiger partial charge in [0.15, 0.2) is 0 Å².